The number of unbranched alkanes of at least 4 members (excludes halogenated alkanes) is 4. The van der Waals surface area contributed by atoms with Gasteiger partial charge in [-0.2, -0.15) is 0 Å². The van der Waals surface area contributed by atoms with Gasteiger partial charge in [-0.25, -0.2) is 4.89 Å². The Labute approximate surface area is 75.9 Å². The Bertz CT molecular complexity index is 100. The molecule has 74 valence electrons. The third-order valence-corrected chi connectivity index (χ3v) is 2.13. The van der Waals surface area contributed by atoms with Crippen LogP contribution in [0.1, 0.15) is 59.3 Å². The molecule has 0 saturated heterocycles. The highest BCUT2D eigenvalue weighted by Crippen LogP contribution is 2.17. The molecular formula is C10H22O2. The molecule has 0 aromatic carbocycles. The summed E-state index contributed by atoms with van der Waals surface area (Å²) in [4.78, 5) is 4.34. The predicted molar refractivity (Wildman–Crippen MR) is 51.2 cm³/mol. The van der Waals surface area contributed by atoms with Crippen LogP contribution >= 0.6 is 0 Å². The van der Waals surface area contributed by atoms with Gasteiger partial charge < -0.3 is 0 Å². The highest BCUT2D eigenvalue weighted by molar-refractivity contribution is 4.65. The largest absolute Gasteiger partial charge is 0.251 e. The lowest BCUT2D eigenvalue weighted by Gasteiger charge is -2.19. The second-order valence-electron chi connectivity index (χ2n) is 4.02. The average molecular weight is 174 g/mol. The maximum atomic E-state index is 8.50. The topological polar surface area (TPSA) is 29.5 Å². The van der Waals surface area contributed by atoms with Crippen LogP contribution in [0.25, 0.3) is 0 Å². The van der Waals surface area contributed by atoms with Crippen LogP contribution in [-0.4, -0.2) is 10.9 Å². The van der Waals surface area contributed by atoms with E-state index in [1.54, 1.807) is 0 Å². The highest BCUT2D eigenvalue weighted by atomic mass is 17.1. The number of rotatable bonds is 7. The van der Waals surface area contributed by atoms with Crippen LogP contribution in [-0.2, 0) is 4.89 Å². The Morgan fingerprint density at radius 2 is 1.67 bits per heavy atom. The molecule has 0 fully saturated rings. The summed E-state index contributed by atoms with van der Waals surface area (Å²) < 4.78 is 0. The second kappa shape index (κ2) is 6.44. The van der Waals surface area contributed by atoms with Crippen molar-refractivity contribution in [2.24, 2.45) is 0 Å². The van der Waals surface area contributed by atoms with Crippen LogP contribution in [0, 0.1) is 0 Å². The van der Waals surface area contributed by atoms with E-state index in [1.165, 1.54) is 25.7 Å². The quantitative estimate of drug-likeness (QED) is 0.363. The van der Waals surface area contributed by atoms with Crippen LogP contribution < -0.4 is 0 Å². The fourth-order valence-electron chi connectivity index (χ4n) is 1.20. The predicted octanol–water partition coefficient (Wildman–Crippen LogP) is 3.62. The van der Waals surface area contributed by atoms with Gasteiger partial charge in [0.05, 0.1) is 5.60 Å². The van der Waals surface area contributed by atoms with Crippen LogP contribution in [0.3, 0.4) is 0 Å². The molecule has 0 aliphatic heterocycles. The van der Waals surface area contributed by atoms with Gasteiger partial charge >= 0.3 is 0 Å². The van der Waals surface area contributed by atoms with Crippen molar-refractivity contribution in [3.8, 4) is 0 Å². The standard InChI is InChI=1S/C10H22O2/c1-4-5-6-7-8-9-10(2,3)12-11/h11H,4-9H2,1-3H3. The maximum Gasteiger partial charge on any atom is 0.0977 e. The molecule has 12 heavy (non-hydrogen) atoms. The SMILES string of the molecule is CCCCCCCC(C)(C)OO. The molecule has 0 saturated carbocycles. The Kier molecular flexibility index (Phi) is 6.39. The third kappa shape index (κ3) is 6.62. The van der Waals surface area contributed by atoms with E-state index >= 15 is 0 Å². The van der Waals surface area contributed by atoms with Crippen molar-refractivity contribution in [1.29, 1.82) is 0 Å². The van der Waals surface area contributed by atoms with Gasteiger partial charge in [-0.1, -0.05) is 39.0 Å². The van der Waals surface area contributed by atoms with E-state index in [1.807, 2.05) is 13.8 Å². The molecule has 0 aromatic rings. The van der Waals surface area contributed by atoms with Crippen LogP contribution in [0.5, 0.6) is 0 Å². The Hall–Kier alpha value is -0.0800. The van der Waals surface area contributed by atoms with Crippen molar-refractivity contribution in [2.45, 2.75) is 64.9 Å². The molecule has 1 N–H and O–H groups in total. The molecule has 2 heteroatoms. The lowest BCUT2D eigenvalue weighted by atomic mass is 10.00. The normalized spacial score (nSPS) is 12.0. The summed E-state index contributed by atoms with van der Waals surface area (Å²) in [6, 6.07) is 0. The lowest BCUT2D eigenvalue weighted by molar-refractivity contribution is -0.314. The fraction of sp³-hybridized carbons (Fsp3) is 1.00. The zero-order valence-electron chi connectivity index (χ0n) is 8.60. The van der Waals surface area contributed by atoms with E-state index in [4.69, 9.17) is 5.26 Å². The Balaban J connectivity index is 3.19. The summed E-state index contributed by atoms with van der Waals surface area (Å²) in [7, 11) is 0. The number of hydrogen-bond donors (Lipinski definition) is 1. The Morgan fingerprint density at radius 3 is 2.17 bits per heavy atom. The van der Waals surface area contributed by atoms with Gasteiger partial charge in [-0.05, 0) is 20.3 Å². The van der Waals surface area contributed by atoms with E-state index in [2.05, 4.69) is 11.8 Å². The van der Waals surface area contributed by atoms with Gasteiger partial charge in [0.25, 0.3) is 0 Å². The molecular weight excluding hydrogens is 152 g/mol. The van der Waals surface area contributed by atoms with Crippen molar-refractivity contribution >= 4 is 0 Å². The van der Waals surface area contributed by atoms with Crippen molar-refractivity contribution in [2.75, 3.05) is 0 Å². The summed E-state index contributed by atoms with van der Waals surface area (Å²) in [5.74, 6) is 0. The summed E-state index contributed by atoms with van der Waals surface area (Å²) >= 11 is 0. The van der Waals surface area contributed by atoms with E-state index < -0.39 is 0 Å². The van der Waals surface area contributed by atoms with Crippen LogP contribution in [0.15, 0.2) is 0 Å². The molecule has 0 aliphatic carbocycles. The van der Waals surface area contributed by atoms with Crippen molar-refractivity contribution in [3.63, 3.8) is 0 Å². The van der Waals surface area contributed by atoms with Crippen molar-refractivity contribution in [3.05, 3.63) is 0 Å². The molecule has 0 amide bonds. The molecule has 0 aromatic heterocycles. The van der Waals surface area contributed by atoms with Gasteiger partial charge in [-0.3, -0.25) is 5.26 Å². The monoisotopic (exact) mass is 174 g/mol. The zero-order valence-corrected chi connectivity index (χ0v) is 8.60. The number of hydrogen-bond acceptors (Lipinski definition) is 2. The third-order valence-electron chi connectivity index (χ3n) is 2.13. The highest BCUT2D eigenvalue weighted by Gasteiger charge is 2.16. The molecule has 0 radical (unpaired) electrons. The fourth-order valence-corrected chi connectivity index (χ4v) is 1.20. The van der Waals surface area contributed by atoms with Gasteiger partial charge in [0.2, 0.25) is 0 Å². The van der Waals surface area contributed by atoms with Crippen molar-refractivity contribution in [1.82, 2.24) is 0 Å². The maximum absolute atomic E-state index is 8.50. The summed E-state index contributed by atoms with van der Waals surface area (Å²) in [6.45, 7) is 6.03. The molecule has 0 unspecified atom stereocenters. The summed E-state index contributed by atoms with van der Waals surface area (Å²) in [5.41, 5.74) is -0.355. The van der Waals surface area contributed by atoms with E-state index in [-0.39, 0.29) is 5.60 Å². The van der Waals surface area contributed by atoms with Gasteiger partial charge in [0, 0.05) is 0 Å². The van der Waals surface area contributed by atoms with Gasteiger partial charge in [0.1, 0.15) is 0 Å². The molecule has 2 nitrogen and oxygen atoms in total. The Morgan fingerprint density at radius 1 is 1.08 bits per heavy atom. The second-order valence-corrected chi connectivity index (χ2v) is 4.02. The minimum atomic E-state index is -0.355. The minimum absolute atomic E-state index is 0.355. The summed E-state index contributed by atoms with van der Waals surface area (Å²) in [6.07, 6.45) is 7.24. The smallest absolute Gasteiger partial charge is 0.0977 e. The van der Waals surface area contributed by atoms with E-state index in [0.29, 0.717) is 0 Å². The molecule has 0 spiro atoms. The van der Waals surface area contributed by atoms with E-state index in [9.17, 15) is 0 Å². The first-order chi connectivity index (χ1) is 5.62. The van der Waals surface area contributed by atoms with E-state index in [0.717, 1.165) is 12.8 Å². The first-order valence-corrected chi connectivity index (χ1v) is 4.95. The first-order valence-electron chi connectivity index (χ1n) is 4.95. The van der Waals surface area contributed by atoms with Gasteiger partial charge in [0.15, 0.2) is 0 Å². The molecule has 0 atom stereocenters. The zero-order chi connectivity index (χ0) is 9.45. The molecule has 0 aliphatic rings. The van der Waals surface area contributed by atoms with Gasteiger partial charge in [-0.15, -0.1) is 0 Å². The average Bonchev–Trinajstić information content (AvgIpc) is 2.04. The van der Waals surface area contributed by atoms with Crippen LogP contribution in [0.2, 0.25) is 0 Å². The summed E-state index contributed by atoms with van der Waals surface area (Å²) in [5, 5.41) is 8.50. The first kappa shape index (κ1) is 11.9. The van der Waals surface area contributed by atoms with Crippen LogP contribution in [0.4, 0.5) is 0 Å². The molecule has 0 rings (SSSR count). The lowest BCUT2D eigenvalue weighted by Crippen LogP contribution is -2.22. The molecule has 0 bridgehead atoms. The minimum Gasteiger partial charge on any atom is -0.251 e. The molecule has 0 heterocycles. The van der Waals surface area contributed by atoms with Crippen molar-refractivity contribution < 1.29 is 10.1 Å².